The Labute approximate surface area is 468 Å². The molecule has 3 fully saturated rings. The van der Waals surface area contributed by atoms with E-state index in [4.69, 9.17) is 28.4 Å². The summed E-state index contributed by atoms with van der Waals surface area (Å²) in [6, 6.07) is -1.03. The van der Waals surface area contributed by atoms with Gasteiger partial charge in [0.1, 0.15) is 73.2 Å². The highest BCUT2D eigenvalue weighted by atomic mass is 16.8. The number of unbranched alkanes of at least 4 members (excludes halogenated alkanes) is 7. The average Bonchev–Trinajstić information content (AvgIpc) is 3.49. The third-order valence-electron chi connectivity index (χ3n) is 13.6. The van der Waals surface area contributed by atoms with Crippen LogP contribution in [0.1, 0.15) is 129 Å². The van der Waals surface area contributed by atoms with Crippen molar-refractivity contribution in [2.75, 3.05) is 26.4 Å². The van der Waals surface area contributed by atoms with Crippen molar-refractivity contribution >= 4 is 5.91 Å². The zero-order valence-electron chi connectivity index (χ0n) is 46.5. The molecule has 3 aliphatic rings. The molecule has 1 amide bonds. The van der Waals surface area contributed by atoms with Gasteiger partial charge in [-0.05, 0) is 83.5 Å². The summed E-state index contributed by atoms with van der Waals surface area (Å²) in [6.45, 7) is 1.47. The predicted octanol–water partition coefficient (Wildman–Crippen LogP) is 4.36. The summed E-state index contributed by atoms with van der Waals surface area (Å²) in [6.07, 6.45) is 26.6. The van der Waals surface area contributed by atoms with Crippen LogP contribution in [-0.2, 0) is 33.2 Å². The van der Waals surface area contributed by atoms with Gasteiger partial charge in [0.15, 0.2) is 18.9 Å². The third kappa shape index (κ3) is 26.5. The molecular weight excluding hydrogens is 1020 g/mol. The van der Waals surface area contributed by atoms with Crippen LogP contribution in [0.25, 0.3) is 0 Å². The lowest BCUT2D eigenvalue weighted by Crippen LogP contribution is -2.66. The van der Waals surface area contributed by atoms with Gasteiger partial charge < -0.3 is 89.9 Å². The van der Waals surface area contributed by atoms with Gasteiger partial charge >= 0.3 is 0 Å². The molecule has 3 saturated heterocycles. The van der Waals surface area contributed by atoms with E-state index in [9.17, 15) is 61.0 Å². The van der Waals surface area contributed by atoms with Gasteiger partial charge in [-0.25, -0.2) is 0 Å². The molecule has 17 atom stereocenters. The van der Waals surface area contributed by atoms with E-state index in [1.807, 2.05) is 12.2 Å². The minimum absolute atomic E-state index is 0.148. The molecule has 17 unspecified atom stereocenters. The largest absolute Gasteiger partial charge is 0.394 e. The number of amides is 1. The van der Waals surface area contributed by atoms with Gasteiger partial charge in [-0.2, -0.15) is 0 Å². The Morgan fingerprint density at radius 3 is 1.41 bits per heavy atom. The Balaban J connectivity index is 1.52. The van der Waals surface area contributed by atoms with E-state index in [2.05, 4.69) is 104 Å². The maximum atomic E-state index is 13.3. The van der Waals surface area contributed by atoms with E-state index in [0.29, 0.717) is 19.3 Å². The Bertz CT molecular complexity index is 1870. The molecule has 79 heavy (non-hydrogen) atoms. The topological polar surface area (TPSA) is 307 Å². The molecule has 0 aromatic rings. The van der Waals surface area contributed by atoms with Crippen LogP contribution in [0.3, 0.4) is 0 Å². The SMILES string of the molecule is CC/C=C\C/C=C\C/C=C\C/C=C\C/C=C\C/C=C\C/C=C\CCCC(=O)NC(COC1OC(CO)C(OC2OC(CO)C(OC3OC(CO)C(O)C(O)C3O)C(O)C2O)C(O)C1O)C(O)/C=C/CC/C=C/CCCCCCC. The molecule has 19 heteroatoms. The van der Waals surface area contributed by atoms with Crippen LogP contribution >= 0.6 is 0 Å². The first-order valence-electron chi connectivity index (χ1n) is 28.6. The Hall–Kier alpha value is -3.55. The fraction of sp³-hybridized carbons (Fsp3) is 0.683. The second-order valence-electron chi connectivity index (χ2n) is 20.0. The lowest BCUT2D eigenvalue weighted by molar-refractivity contribution is -0.379. The molecule has 450 valence electrons. The fourth-order valence-corrected chi connectivity index (χ4v) is 8.84. The maximum absolute atomic E-state index is 13.3. The fourth-order valence-electron chi connectivity index (χ4n) is 8.84. The number of nitrogens with one attached hydrogen (secondary N) is 1. The molecule has 3 aliphatic heterocycles. The molecule has 0 spiro atoms. The number of carbonyl (C=O) groups excluding carboxylic acids is 1. The van der Waals surface area contributed by atoms with Crippen molar-refractivity contribution in [2.45, 2.75) is 234 Å². The summed E-state index contributed by atoms with van der Waals surface area (Å²) in [5.41, 5.74) is 0. The van der Waals surface area contributed by atoms with Crippen LogP contribution in [-0.4, -0.2) is 193 Å². The first kappa shape index (κ1) is 69.7. The van der Waals surface area contributed by atoms with Gasteiger partial charge in [-0.3, -0.25) is 4.79 Å². The lowest BCUT2D eigenvalue weighted by Gasteiger charge is -2.48. The van der Waals surface area contributed by atoms with Crippen molar-refractivity contribution in [1.82, 2.24) is 5.32 Å². The van der Waals surface area contributed by atoms with E-state index in [1.54, 1.807) is 12.2 Å². The zero-order chi connectivity index (χ0) is 57.6. The number of carbonyl (C=O) groups is 1. The highest BCUT2D eigenvalue weighted by molar-refractivity contribution is 5.76. The van der Waals surface area contributed by atoms with Gasteiger partial charge in [0.25, 0.3) is 0 Å². The van der Waals surface area contributed by atoms with Crippen LogP contribution in [0, 0.1) is 0 Å². The lowest BCUT2D eigenvalue weighted by atomic mass is 9.96. The Morgan fingerprint density at radius 2 is 0.886 bits per heavy atom. The Morgan fingerprint density at radius 1 is 0.468 bits per heavy atom. The molecule has 3 heterocycles. The minimum atomic E-state index is -1.99. The van der Waals surface area contributed by atoms with E-state index in [1.165, 1.54) is 25.7 Å². The molecule has 0 bridgehead atoms. The number of aliphatic hydroxyl groups is 11. The van der Waals surface area contributed by atoms with Crippen molar-refractivity contribution in [3.05, 3.63) is 109 Å². The summed E-state index contributed by atoms with van der Waals surface area (Å²) >= 11 is 0. The van der Waals surface area contributed by atoms with E-state index < -0.39 is 131 Å². The quantitative estimate of drug-likeness (QED) is 0.0301. The van der Waals surface area contributed by atoms with Crippen molar-refractivity contribution in [3.63, 3.8) is 0 Å². The number of rotatable bonds is 39. The second-order valence-corrected chi connectivity index (χ2v) is 20.0. The molecule has 0 aromatic carbocycles. The van der Waals surface area contributed by atoms with Crippen LogP contribution < -0.4 is 5.32 Å². The zero-order valence-corrected chi connectivity index (χ0v) is 46.5. The number of allylic oxidation sites excluding steroid dienone is 17. The predicted molar refractivity (Wildman–Crippen MR) is 300 cm³/mol. The molecule has 12 N–H and O–H groups in total. The summed E-state index contributed by atoms with van der Waals surface area (Å²) in [4.78, 5) is 13.3. The summed E-state index contributed by atoms with van der Waals surface area (Å²) in [5.74, 6) is -0.352. The first-order chi connectivity index (χ1) is 38.3. The van der Waals surface area contributed by atoms with Gasteiger partial charge in [-0.15, -0.1) is 0 Å². The Kier molecular flexibility index (Phi) is 37.3. The second kappa shape index (κ2) is 42.3. The maximum Gasteiger partial charge on any atom is 0.220 e. The van der Waals surface area contributed by atoms with Gasteiger partial charge in [0, 0.05) is 6.42 Å². The van der Waals surface area contributed by atoms with Crippen LogP contribution in [0.5, 0.6) is 0 Å². The normalized spacial score (nSPS) is 31.1. The summed E-state index contributed by atoms with van der Waals surface area (Å²) in [7, 11) is 0. The number of aliphatic hydroxyl groups excluding tert-OH is 11. The summed E-state index contributed by atoms with van der Waals surface area (Å²) < 4.78 is 34.1. The smallest absolute Gasteiger partial charge is 0.220 e. The van der Waals surface area contributed by atoms with Crippen LogP contribution in [0.4, 0.5) is 0 Å². The molecule has 19 nitrogen and oxygen atoms in total. The van der Waals surface area contributed by atoms with E-state index >= 15 is 0 Å². The van der Waals surface area contributed by atoms with Gasteiger partial charge in [-0.1, -0.05) is 149 Å². The highest BCUT2D eigenvalue weighted by Gasteiger charge is 2.53. The van der Waals surface area contributed by atoms with E-state index in [0.717, 1.165) is 64.2 Å². The van der Waals surface area contributed by atoms with E-state index in [-0.39, 0.29) is 12.3 Å². The average molecular weight is 1120 g/mol. The van der Waals surface area contributed by atoms with Gasteiger partial charge in [0.2, 0.25) is 5.91 Å². The van der Waals surface area contributed by atoms with Crippen molar-refractivity contribution in [1.29, 1.82) is 0 Å². The standard InChI is InChI=1S/C60H97NO18/c1-3-5-7-9-11-13-15-16-17-18-19-20-21-22-23-24-25-26-28-30-32-34-36-38-48(66)61-43(44(65)37-35-33-31-29-27-14-12-10-8-6-4-2)42-74-58-54(72)51(69)56(46(40-63)76-58)79-60-55(73)52(70)57(47(41-64)77-60)78-59-53(71)50(68)49(67)45(39-62)75-59/h5,7,11,13,16-17,19-20,22-23,25-27,29-30,32,35,37,43-47,49-60,62-65,67-73H,3-4,6,8-10,12,14-15,18,21,24,28,31,33-34,36,38-42H2,1-2H3,(H,61,66)/b7-5-,13-11-,17-16-,20-19-,23-22-,26-25-,29-27+,32-30-,37-35+. The highest BCUT2D eigenvalue weighted by Crippen LogP contribution is 2.33. The molecule has 0 aromatic heterocycles. The molecule has 0 saturated carbocycles. The van der Waals surface area contributed by atoms with Crippen molar-refractivity contribution in [2.24, 2.45) is 0 Å². The van der Waals surface area contributed by atoms with Crippen LogP contribution in [0.2, 0.25) is 0 Å². The third-order valence-corrected chi connectivity index (χ3v) is 13.6. The van der Waals surface area contributed by atoms with Crippen molar-refractivity contribution in [3.8, 4) is 0 Å². The van der Waals surface area contributed by atoms with Gasteiger partial charge in [0.05, 0.1) is 38.6 Å². The number of hydrogen-bond acceptors (Lipinski definition) is 18. The monoisotopic (exact) mass is 1120 g/mol. The molecular formula is C60H97NO18. The molecule has 3 rings (SSSR count). The number of ether oxygens (including phenoxy) is 6. The summed E-state index contributed by atoms with van der Waals surface area (Å²) in [5, 5.41) is 120. The van der Waals surface area contributed by atoms with Crippen molar-refractivity contribution < 1.29 is 89.4 Å². The first-order valence-corrected chi connectivity index (χ1v) is 28.6. The molecule has 0 radical (unpaired) electrons. The minimum Gasteiger partial charge on any atom is -0.394 e. The van der Waals surface area contributed by atoms with Crippen LogP contribution in [0.15, 0.2) is 109 Å². The molecule has 0 aliphatic carbocycles. The number of hydrogen-bond donors (Lipinski definition) is 12.